The van der Waals surface area contributed by atoms with Gasteiger partial charge in [-0.15, -0.1) is 0 Å². The Morgan fingerprint density at radius 2 is 2.00 bits per heavy atom. The minimum atomic E-state index is 0.191. The van der Waals surface area contributed by atoms with Crippen LogP contribution in [0.25, 0.3) is 0 Å². The fourth-order valence-electron chi connectivity index (χ4n) is 1.07. The van der Waals surface area contributed by atoms with Crippen molar-refractivity contribution in [3.63, 3.8) is 0 Å². The zero-order valence-electron chi connectivity index (χ0n) is 8.40. The molecule has 0 rings (SSSR count). The van der Waals surface area contributed by atoms with Gasteiger partial charge in [-0.3, -0.25) is 0 Å². The number of methoxy groups -OCH3 is 1. The number of ether oxygens (including phenoxy) is 1. The highest BCUT2D eigenvalue weighted by Crippen LogP contribution is 2.14. The van der Waals surface area contributed by atoms with Gasteiger partial charge in [-0.1, -0.05) is 6.92 Å². The third-order valence-corrected chi connectivity index (χ3v) is 2.20. The molecule has 11 heavy (non-hydrogen) atoms. The van der Waals surface area contributed by atoms with Gasteiger partial charge in [0.05, 0.1) is 6.10 Å². The molecule has 0 fully saturated rings. The van der Waals surface area contributed by atoms with Crippen molar-refractivity contribution in [3.05, 3.63) is 0 Å². The van der Waals surface area contributed by atoms with E-state index in [1.807, 2.05) is 7.05 Å². The van der Waals surface area contributed by atoms with E-state index in [0.29, 0.717) is 6.10 Å². The molecule has 0 saturated heterocycles. The van der Waals surface area contributed by atoms with Gasteiger partial charge in [0.15, 0.2) is 0 Å². The fraction of sp³-hybridized carbons (Fsp3) is 1.00. The van der Waals surface area contributed by atoms with Crippen LogP contribution in [0.15, 0.2) is 0 Å². The SMILES string of the molecule is CCC(CC(C)(C)NC)OC. The zero-order chi connectivity index (χ0) is 8.91. The van der Waals surface area contributed by atoms with E-state index in [-0.39, 0.29) is 5.54 Å². The molecule has 0 aliphatic heterocycles. The summed E-state index contributed by atoms with van der Waals surface area (Å²) in [6, 6.07) is 0. The van der Waals surface area contributed by atoms with Crippen molar-refractivity contribution >= 4 is 0 Å². The van der Waals surface area contributed by atoms with E-state index in [1.165, 1.54) is 0 Å². The van der Waals surface area contributed by atoms with Crippen molar-refractivity contribution in [2.45, 2.75) is 45.3 Å². The molecule has 0 aliphatic carbocycles. The highest BCUT2D eigenvalue weighted by molar-refractivity contribution is 4.78. The van der Waals surface area contributed by atoms with Crippen LogP contribution in [0.4, 0.5) is 0 Å². The molecule has 0 saturated carbocycles. The van der Waals surface area contributed by atoms with Crippen LogP contribution in [0, 0.1) is 0 Å². The summed E-state index contributed by atoms with van der Waals surface area (Å²) < 4.78 is 5.30. The maximum atomic E-state index is 5.30. The highest BCUT2D eigenvalue weighted by Gasteiger charge is 2.19. The van der Waals surface area contributed by atoms with Gasteiger partial charge in [0.2, 0.25) is 0 Å². The smallest absolute Gasteiger partial charge is 0.0586 e. The zero-order valence-corrected chi connectivity index (χ0v) is 8.40. The summed E-state index contributed by atoms with van der Waals surface area (Å²) in [4.78, 5) is 0. The third-order valence-electron chi connectivity index (χ3n) is 2.20. The first kappa shape index (κ1) is 10.9. The molecular formula is C9H21NO. The molecule has 1 atom stereocenters. The van der Waals surface area contributed by atoms with E-state index >= 15 is 0 Å². The first-order valence-electron chi connectivity index (χ1n) is 4.27. The Morgan fingerprint density at radius 3 is 2.27 bits per heavy atom. The van der Waals surface area contributed by atoms with Crippen LogP contribution in [-0.2, 0) is 4.74 Å². The standard InChI is InChI=1S/C9H21NO/c1-6-8(11-5)7-9(2,3)10-4/h8,10H,6-7H2,1-5H3. The van der Waals surface area contributed by atoms with Crippen molar-refractivity contribution in [1.29, 1.82) is 0 Å². The van der Waals surface area contributed by atoms with Crippen LogP contribution in [0.2, 0.25) is 0 Å². The molecule has 68 valence electrons. The summed E-state index contributed by atoms with van der Waals surface area (Å²) in [5.74, 6) is 0. The summed E-state index contributed by atoms with van der Waals surface area (Å²) in [6.45, 7) is 6.53. The summed E-state index contributed by atoms with van der Waals surface area (Å²) in [5.41, 5.74) is 0.191. The predicted octanol–water partition coefficient (Wildman–Crippen LogP) is 1.80. The van der Waals surface area contributed by atoms with Crippen molar-refractivity contribution in [2.75, 3.05) is 14.2 Å². The van der Waals surface area contributed by atoms with Crippen LogP contribution in [0.3, 0.4) is 0 Å². The van der Waals surface area contributed by atoms with Gasteiger partial charge in [-0.25, -0.2) is 0 Å². The normalized spacial score (nSPS) is 15.0. The van der Waals surface area contributed by atoms with Gasteiger partial charge in [0.1, 0.15) is 0 Å². The molecule has 0 heterocycles. The molecule has 0 aliphatic rings. The fourth-order valence-corrected chi connectivity index (χ4v) is 1.07. The largest absolute Gasteiger partial charge is 0.381 e. The second kappa shape index (κ2) is 4.73. The highest BCUT2D eigenvalue weighted by atomic mass is 16.5. The van der Waals surface area contributed by atoms with E-state index in [9.17, 15) is 0 Å². The number of hydrogen-bond donors (Lipinski definition) is 1. The first-order chi connectivity index (χ1) is 5.05. The van der Waals surface area contributed by atoms with Gasteiger partial charge in [0.25, 0.3) is 0 Å². The van der Waals surface area contributed by atoms with Crippen molar-refractivity contribution in [3.8, 4) is 0 Å². The van der Waals surface area contributed by atoms with Crippen LogP contribution in [0.1, 0.15) is 33.6 Å². The molecule has 1 N–H and O–H groups in total. The van der Waals surface area contributed by atoms with Gasteiger partial charge in [-0.05, 0) is 33.7 Å². The van der Waals surface area contributed by atoms with Crippen molar-refractivity contribution in [1.82, 2.24) is 5.32 Å². The van der Waals surface area contributed by atoms with E-state index in [4.69, 9.17) is 4.74 Å². The molecule has 2 nitrogen and oxygen atoms in total. The quantitative estimate of drug-likeness (QED) is 0.660. The van der Waals surface area contributed by atoms with Crippen molar-refractivity contribution in [2.24, 2.45) is 0 Å². The van der Waals surface area contributed by atoms with Crippen LogP contribution in [0.5, 0.6) is 0 Å². The van der Waals surface area contributed by atoms with E-state index < -0.39 is 0 Å². The van der Waals surface area contributed by atoms with Gasteiger partial charge in [0, 0.05) is 12.6 Å². The predicted molar refractivity (Wildman–Crippen MR) is 48.8 cm³/mol. The molecule has 1 unspecified atom stereocenters. The maximum absolute atomic E-state index is 5.30. The van der Waals surface area contributed by atoms with Crippen LogP contribution in [-0.4, -0.2) is 25.8 Å². The van der Waals surface area contributed by atoms with E-state index in [0.717, 1.165) is 12.8 Å². The summed E-state index contributed by atoms with van der Waals surface area (Å²) in [7, 11) is 3.77. The average Bonchev–Trinajstić information content (AvgIpc) is 2.00. The Morgan fingerprint density at radius 1 is 1.45 bits per heavy atom. The van der Waals surface area contributed by atoms with Crippen LogP contribution < -0.4 is 5.32 Å². The van der Waals surface area contributed by atoms with Crippen molar-refractivity contribution < 1.29 is 4.74 Å². The molecule has 0 bridgehead atoms. The maximum Gasteiger partial charge on any atom is 0.0586 e. The molecule has 0 spiro atoms. The van der Waals surface area contributed by atoms with E-state index in [2.05, 4.69) is 26.1 Å². The monoisotopic (exact) mass is 159 g/mol. The Labute approximate surface area is 70.3 Å². The average molecular weight is 159 g/mol. The minimum Gasteiger partial charge on any atom is -0.381 e. The lowest BCUT2D eigenvalue weighted by atomic mass is 9.96. The van der Waals surface area contributed by atoms with E-state index in [1.54, 1.807) is 7.11 Å². The summed E-state index contributed by atoms with van der Waals surface area (Å²) in [5, 5.41) is 3.26. The van der Waals surface area contributed by atoms with Crippen LogP contribution >= 0.6 is 0 Å². The lowest BCUT2D eigenvalue weighted by Crippen LogP contribution is -2.39. The summed E-state index contributed by atoms with van der Waals surface area (Å²) >= 11 is 0. The minimum absolute atomic E-state index is 0.191. The Bertz CT molecular complexity index is 97.7. The molecule has 0 aromatic heterocycles. The summed E-state index contributed by atoms with van der Waals surface area (Å²) in [6.07, 6.45) is 2.54. The number of nitrogens with one attached hydrogen (secondary N) is 1. The lowest BCUT2D eigenvalue weighted by molar-refractivity contribution is 0.0709. The molecular weight excluding hydrogens is 138 g/mol. The second-order valence-corrected chi connectivity index (χ2v) is 3.60. The number of rotatable bonds is 5. The second-order valence-electron chi connectivity index (χ2n) is 3.60. The first-order valence-corrected chi connectivity index (χ1v) is 4.27. The van der Waals surface area contributed by atoms with Gasteiger partial charge in [-0.2, -0.15) is 0 Å². The molecule has 2 heteroatoms. The molecule has 0 aromatic rings. The molecule has 0 radical (unpaired) electrons. The van der Waals surface area contributed by atoms with Gasteiger partial charge < -0.3 is 10.1 Å². The lowest BCUT2D eigenvalue weighted by Gasteiger charge is -2.28. The number of hydrogen-bond acceptors (Lipinski definition) is 2. The molecule has 0 amide bonds. The Hall–Kier alpha value is -0.0800. The third kappa shape index (κ3) is 4.38. The van der Waals surface area contributed by atoms with Gasteiger partial charge >= 0.3 is 0 Å². The molecule has 0 aromatic carbocycles. The Kier molecular flexibility index (Phi) is 4.69. The Balaban J connectivity index is 3.79. The topological polar surface area (TPSA) is 21.3 Å².